The topological polar surface area (TPSA) is 74.8 Å². The van der Waals surface area contributed by atoms with E-state index in [1.54, 1.807) is 13.1 Å². The molecule has 1 heterocycles. The Kier molecular flexibility index (Phi) is 9.03. The number of rotatable bonds is 6. The van der Waals surface area contributed by atoms with Crippen molar-refractivity contribution in [2.75, 3.05) is 25.5 Å². The fourth-order valence-electron chi connectivity index (χ4n) is 3.05. The lowest BCUT2D eigenvalue weighted by molar-refractivity contribution is -0.116. The van der Waals surface area contributed by atoms with Crippen LogP contribution in [0.25, 0.3) is 0 Å². The molecule has 1 atom stereocenters. The maximum atomic E-state index is 12.2. The number of hydrogen-bond donors (Lipinski definition) is 3. The average molecular weight is 529 g/mol. The maximum absolute atomic E-state index is 12.2. The monoisotopic (exact) mass is 528 g/mol. The molecule has 29 heavy (non-hydrogen) atoms. The Hall–Kier alpha value is -2.00. The van der Waals surface area contributed by atoms with Crippen LogP contribution in [0, 0.1) is 6.92 Å². The van der Waals surface area contributed by atoms with Crippen LogP contribution in [-0.4, -0.2) is 38.1 Å². The summed E-state index contributed by atoms with van der Waals surface area (Å²) in [6.07, 6.45) is 1.27. The summed E-state index contributed by atoms with van der Waals surface area (Å²) >= 11 is 6.08. The summed E-state index contributed by atoms with van der Waals surface area (Å²) in [6, 6.07) is 13.5. The Morgan fingerprint density at radius 3 is 2.76 bits per heavy atom. The highest BCUT2D eigenvalue weighted by Crippen LogP contribution is 2.27. The van der Waals surface area contributed by atoms with Crippen LogP contribution in [0.15, 0.2) is 47.5 Å². The number of carbonyl (C=O) groups is 1. The lowest BCUT2D eigenvalue weighted by Gasteiger charge is -2.15. The summed E-state index contributed by atoms with van der Waals surface area (Å²) in [6.45, 7) is 2.99. The highest BCUT2D eigenvalue weighted by Gasteiger charge is 2.22. The number of fused-ring (bicyclic) bond motifs is 1. The van der Waals surface area contributed by atoms with Gasteiger partial charge in [0, 0.05) is 37.1 Å². The first-order valence-corrected chi connectivity index (χ1v) is 9.68. The lowest BCUT2D eigenvalue weighted by atomic mass is 10.1. The molecule has 1 aliphatic heterocycles. The van der Waals surface area contributed by atoms with Gasteiger partial charge in [0.05, 0.1) is 6.54 Å². The highest BCUT2D eigenvalue weighted by atomic mass is 127. The summed E-state index contributed by atoms with van der Waals surface area (Å²) in [4.78, 5) is 16.4. The SMILES string of the molecule is CN=C(NCCC(=O)Nc1cccc(Cl)c1C)NCC1Cc2ccccc2O1.I. The second-order valence-corrected chi connectivity index (χ2v) is 7.05. The van der Waals surface area contributed by atoms with Crippen LogP contribution in [0.2, 0.25) is 5.02 Å². The summed E-state index contributed by atoms with van der Waals surface area (Å²) in [7, 11) is 1.70. The Bertz CT molecular complexity index is 851. The van der Waals surface area contributed by atoms with Crippen molar-refractivity contribution in [2.45, 2.75) is 25.9 Å². The molecule has 1 unspecified atom stereocenters. The fraction of sp³-hybridized carbons (Fsp3) is 0.333. The van der Waals surface area contributed by atoms with Gasteiger partial charge in [-0.1, -0.05) is 35.9 Å². The van der Waals surface area contributed by atoms with Gasteiger partial charge in [-0.2, -0.15) is 0 Å². The Morgan fingerprint density at radius 2 is 2.00 bits per heavy atom. The minimum Gasteiger partial charge on any atom is -0.488 e. The van der Waals surface area contributed by atoms with E-state index in [2.05, 4.69) is 27.0 Å². The molecule has 0 bridgehead atoms. The number of halogens is 2. The third-order valence-electron chi connectivity index (χ3n) is 4.62. The van der Waals surface area contributed by atoms with E-state index in [-0.39, 0.29) is 36.0 Å². The first kappa shape index (κ1) is 23.3. The van der Waals surface area contributed by atoms with E-state index < -0.39 is 0 Å². The second-order valence-electron chi connectivity index (χ2n) is 6.64. The highest BCUT2D eigenvalue weighted by molar-refractivity contribution is 14.0. The number of amides is 1. The largest absolute Gasteiger partial charge is 0.488 e. The molecule has 0 aliphatic carbocycles. The number of nitrogens with one attached hydrogen (secondary N) is 3. The molecule has 0 saturated heterocycles. The van der Waals surface area contributed by atoms with Crippen LogP contribution >= 0.6 is 35.6 Å². The van der Waals surface area contributed by atoms with Crippen molar-refractivity contribution in [3.05, 3.63) is 58.6 Å². The molecule has 2 aromatic rings. The van der Waals surface area contributed by atoms with Crippen molar-refractivity contribution in [3.8, 4) is 5.75 Å². The number of aliphatic imine (C=N–C) groups is 1. The van der Waals surface area contributed by atoms with Crippen molar-refractivity contribution in [3.63, 3.8) is 0 Å². The Balaban J connectivity index is 0.00000300. The number of nitrogens with zero attached hydrogens (tertiary/aromatic N) is 1. The number of ether oxygens (including phenoxy) is 1. The number of anilines is 1. The molecule has 1 amide bonds. The molecule has 0 saturated carbocycles. The molecular weight excluding hydrogens is 503 g/mol. The lowest BCUT2D eigenvalue weighted by Crippen LogP contribution is -2.43. The van der Waals surface area contributed by atoms with Gasteiger partial charge < -0.3 is 20.7 Å². The van der Waals surface area contributed by atoms with E-state index in [4.69, 9.17) is 16.3 Å². The van der Waals surface area contributed by atoms with E-state index in [0.717, 1.165) is 23.4 Å². The number of para-hydroxylation sites is 1. The molecule has 0 spiro atoms. The molecule has 0 aromatic heterocycles. The molecule has 1 aliphatic rings. The molecule has 2 aromatic carbocycles. The van der Waals surface area contributed by atoms with Crippen LogP contribution in [0.1, 0.15) is 17.5 Å². The van der Waals surface area contributed by atoms with Crippen LogP contribution in [0.3, 0.4) is 0 Å². The van der Waals surface area contributed by atoms with E-state index in [9.17, 15) is 4.79 Å². The molecule has 6 nitrogen and oxygen atoms in total. The summed E-state index contributed by atoms with van der Waals surface area (Å²) in [5, 5.41) is 9.93. The van der Waals surface area contributed by atoms with Gasteiger partial charge in [-0.3, -0.25) is 9.79 Å². The van der Waals surface area contributed by atoms with E-state index >= 15 is 0 Å². The van der Waals surface area contributed by atoms with Gasteiger partial charge in [0.2, 0.25) is 5.91 Å². The van der Waals surface area contributed by atoms with Crippen LogP contribution < -0.4 is 20.7 Å². The molecule has 156 valence electrons. The van der Waals surface area contributed by atoms with Crippen LogP contribution in [-0.2, 0) is 11.2 Å². The Labute approximate surface area is 193 Å². The van der Waals surface area contributed by atoms with E-state index in [1.807, 2.05) is 37.3 Å². The van der Waals surface area contributed by atoms with Gasteiger partial charge >= 0.3 is 0 Å². The normalized spacial score (nSPS) is 15.0. The average Bonchev–Trinajstić information content (AvgIpc) is 3.11. The number of benzene rings is 2. The maximum Gasteiger partial charge on any atom is 0.226 e. The summed E-state index contributed by atoms with van der Waals surface area (Å²) in [5.74, 6) is 1.51. The molecule has 8 heteroatoms. The van der Waals surface area contributed by atoms with E-state index in [1.165, 1.54) is 5.56 Å². The third kappa shape index (κ3) is 6.50. The third-order valence-corrected chi connectivity index (χ3v) is 5.03. The van der Waals surface area contributed by atoms with Crippen LogP contribution in [0.5, 0.6) is 5.75 Å². The zero-order valence-corrected chi connectivity index (χ0v) is 19.6. The number of carbonyl (C=O) groups excluding carboxylic acids is 1. The molecule has 0 fully saturated rings. The fourth-order valence-corrected chi connectivity index (χ4v) is 3.22. The molecule has 3 N–H and O–H groups in total. The number of guanidine groups is 1. The smallest absolute Gasteiger partial charge is 0.226 e. The predicted molar refractivity (Wildman–Crippen MR) is 129 cm³/mol. The zero-order chi connectivity index (χ0) is 19.9. The number of hydrogen-bond acceptors (Lipinski definition) is 3. The predicted octanol–water partition coefficient (Wildman–Crippen LogP) is 3.76. The molecule has 3 rings (SSSR count). The van der Waals surface area contributed by atoms with Gasteiger partial charge in [-0.25, -0.2) is 0 Å². The first-order chi connectivity index (χ1) is 13.6. The summed E-state index contributed by atoms with van der Waals surface area (Å²) < 4.78 is 5.91. The quantitative estimate of drug-likeness (QED) is 0.303. The van der Waals surface area contributed by atoms with Crippen molar-refractivity contribution in [2.24, 2.45) is 4.99 Å². The molecule has 0 radical (unpaired) electrons. The van der Waals surface area contributed by atoms with Gasteiger partial charge in [0.25, 0.3) is 0 Å². The van der Waals surface area contributed by atoms with Gasteiger partial charge in [-0.05, 0) is 36.2 Å². The van der Waals surface area contributed by atoms with Crippen LogP contribution in [0.4, 0.5) is 5.69 Å². The second kappa shape index (κ2) is 11.3. The van der Waals surface area contributed by atoms with Gasteiger partial charge in [0.15, 0.2) is 5.96 Å². The Morgan fingerprint density at radius 1 is 1.21 bits per heavy atom. The van der Waals surface area contributed by atoms with Crippen molar-refractivity contribution in [1.82, 2.24) is 10.6 Å². The minimum absolute atomic E-state index is 0. The first-order valence-electron chi connectivity index (χ1n) is 9.31. The standard InChI is InChI=1S/C21H25ClN4O2.HI/c1-14-17(22)7-5-8-18(14)26-20(27)10-11-24-21(23-2)25-13-16-12-15-6-3-4-9-19(15)28-16;/h3-9,16H,10-13H2,1-2H3,(H,26,27)(H2,23,24,25);1H. The van der Waals surface area contributed by atoms with Gasteiger partial charge in [-0.15, -0.1) is 24.0 Å². The van der Waals surface area contributed by atoms with E-state index in [0.29, 0.717) is 30.5 Å². The van der Waals surface area contributed by atoms with Crippen molar-refractivity contribution >= 4 is 53.1 Å². The molecular formula is C21H26ClIN4O2. The minimum atomic E-state index is -0.0807. The van der Waals surface area contributed by atoms with Crippen molar-refractivity contribution in [1.29, 1.82) is 0 Å². The van der Waals surface area contributed by atoms with Crippen molar-refractivity contribution < 1.29 is 9.53 Å². The summed E-state index contributed by atoms with van der Waals surface area (Å²) in [5.41, 5.74) is 2.82. The zero-order valence-electron chi connectivity index (χ0n) is 16.5. The van der Waals surface area contributed by atoms with Gasteiger partial charge in [0.1, 0.15) is 11.9 Å².